The van der Waals surface area contributed by atoms with E-state index >= 15 is 0 Å². The molecule has 4 heteroatoms. The molecule has 0 bridgehead atoms. The molecule has 0 saturated carbocycles. The maximum Gasteiger partial charge on any atom is 0.121 e. The van der Waals surface area contributed by atoms with Crippen LogP contribution in [0.15, 0.2) is 24.5 Å². The van der Waals surface area contributed by atoms with Gasteiger partial charge in [0, 0.05) is 5.02 Å². The molecule has 0 fully saturated rings. The molecule has 0 spiro atoms. The van der Waals surface area contributed by atoms with Gasteiger partial charge in [0.05, 0.1) is 17.4 Å². The molecule has 0 saturated heterocycles. The van der Waals surface area contributed by atoms with Gasteiger partial charge in [-0.2, -0.15) is 0 Å². The third-order valence-electron chi connectivity index (χ3n) is 1.74. The quantitative estimate of drug-likeness (QED) is 0.728. The van der Waals surface area contributed by atoms with Crippen LogP contribution in [0.2, 0.25) is 5.02 Å². The third-order valence-corrected chi connectivity index (χ3v) is 1.97. The molecular formula is C8H7ClN2O. The third kappa shape index (κ3) is 1.07. The van der Waals surface area contributed by atoms with E-state index in [4.69, 9.17) is 16.7 Å². The van der Waals surface area contributed by atoms with Gasteiger partial charge in [-0.3, -0.25) is 0 Å². The molecule has 2 rings (SSSR count). The van der Waals surface area contributed by atoms with E-state index in [1.807, 2.05) is 6.07 Å². The second kappa shape index (κ2) is 2.77. The second-order valence-electron chi connectivity index (χ2n) is 2.49. The van der Waals surface area contributed by atoms with Crippen LogP contribution in [0.4, 0.5) is 0 Å². The fourth-order valence-electron chi connectivity index (χ4n) is 1.14. The molecule has 0 aliphatic heterocycles. The maximum atomic E-state index is 8.90. The normalized spacial score (nSPS) is 10.8. The number of imidazole rings is 1. The summed E-state index contributed by atoms with van der Waals surface area (Å²) >= 11 is 5.78. The zero-order valence-electron chi connectivity index (χ0n) is 6.24. The average Bonchev–Trinajstić information content (AvgIpc) is 2.46. The van der Waals surface area contributed by atoms with E-state index in [0.29, 0.717) is 5.02 Å². The number of nitrogens with zero attached hydrogens (tertiary/aromatic N) is 2. The average molecular weight is 183 g/mol. The van der Waals surface area contributed by atoms with E-state index in [-0.39, 0.29) is 6.73 Å². The van der Waals surface area contributed by atoms with Gasteiger partial charge < -0.3 is 9.67 Å². The number of benzene rings is 1. The van der Waals surface area contributed by atoms with Crippen LogP contribution in [-0.4, -0.2) is 14.7 Å². The molecule has 3 nitrogen and oxygen atoms in total. The van der Waals surface area contributed by atoms with Crippen molar-refractivity contribution in [1.29, 1.82) is 0 Å². The topological polar surface area (TPSA) is 38.0 Å². The molecule has 0 unspecified atom stereocenters. The van der Waals surface area contributed by atoms with Crippen LogP contribution >= 0.6 is 11.6 Å². The zero-order chi connectivity index (χ0) is 8.55. The molecular weight excluding hydrogens is 176 g/mol. The number of aromatic nitrogens is 2. The Bertz CT molecular complexity index is 410. The molecule has 0 atom stereocenters. The highest BCUT2D eigenvalue weighted by Crippen LogP contribution is 2.17. The number of fused-ring (bicyclic) bond motifs is 1. The van der Waals surface area contributed by atoms with E-state index in [1.54, 1.807) is 23.0 Å². The smallest absolute Gasteiger partial charge is 0.121 e. The molecule has 1 N–H and O–H groups in total. The van der Waals surface area contributed by atoms with Gasteiger partial charge in [0.1, 0.15) is 6.73 Å². The number of hydrogen-bond acceptors (Lipinski definition) is 2. The first-order chi connectivity index (χ1) is 5.81. The van der Waals surface area contributed by atoms with Crippen molar-refractivity contribution in [2.24, 2.45) is 0 Å². The molecule has 0 aliphatic carbocycles. The molecule has 1 aromatic heterocycles. The summed E-state index contributed by atoms with van der Waals surface area (Å²) in [5, 5.41) is 9.55. The lowest BCUT2D eigenvalue weighted by Crippen LogP contribution is -1.92. The summed E-state index contributed by atoms with van der Waals surface area (Å²) in [6.45, 7) is -0.0726. The van der Waals surface area contributed by atoms with Gasteiger partial charge in [-0.05, 0) is 18.2 Å². The first-order valence-electron chi connectivity index (χ1n) is 3.52. The fourth-order valence-corrected chi connectivity index (χ4v) is 1.31. The minimum Gasteiger partial charge on any atom is -0.376 e. The Labute approximate surface area is 74.2 Å². The highest BCUT2D eigenvalue weighted by molar-refractivity contribution is 6.31. The summed E-state index contributed by atoms with van der Waals surface area (Å²) < 4.78 is 1.63. The van der Waals surface area contributed by atoms with Crippen molar-refractivity contribution in [1.82, 2.24) is 9.55 Å². The molecule has 0 amide bonds. The van der Waals surface area contributed by atoms with Crippen molar-refractivity contribution in [2.45, 2.75) is 6.73 Å². The summed E-state index contributed by atoms with van der Waals surface area (Å²) in [6.07, 6.45) is 1.58. The summed E-state index contributed by atoms with van der Waals surface area (Å²) in [7, 11) is 0. The van der Waals surface area contributed by atoms with Crippen molar-refractivity contribution in [3.63, 3.8) is 0 Å². The number of halogens is 1. The van der Waals surface area contributed by atoms with Gasteiger partial charge in [0.15, 0.2) is 0 Å². The monoisotopic (exact) mass is 182 g/mol. The Morgan fingerprint density at radius 2 is 2.33 bits per heavy atom. The van der Waals surface area contributed by atoms with E-state index in [2.05, 4.69) is 4.98 Å². The van der Waals surface area contributed by atoms with E-state index in [0.717, 1.165) is 11.0 Å². The van der Waals surface area contributed by atoms with Gasteiger partial charge >= 0.3 is 0 Å². The molecule has 0 radical (unpaired) electrons. The van der Waals surface area contributed by atoms with Crippen LogP contribution in [0, 0.1) is 0 Å². The zero-order valence-corrected chi connectivity index (χ0v) is 6.99. The molecule has 1 aromatic carbocycles. The van der Waals surface area contributed by atoms with Crippen molar-refractivity contribution >= 4 is 22.6 Å². The minimum atomic E-state index is -0.0726. The molecule has 12 heavy (non-hydrogen) atoms. The summed E-state index contributed by atoms with van der Waals surface area (Å²) in [6, 6.07) is 5.38. The minimum absolute atomic E-state index is 0.0726. The van der Waals surface area contributed by atoms with Gasteiger partial charge in [0.25, 0.3) is 0 Å². The van der Waals surface area contributed by atoms with Crippen molar-refractivity contribution in [3.05, 3.63) is 29.5 Å². The lowest BCUT2D eigenvalue weighted by molar-refractivity contribution is 0.215. The Morgan fingerprint density at radius 1 is 1.50 bits per heavy atom. The van der Waals surface area contributed by atoms with E-state index in [9.17, 15) is 0 Å². The summed E-state index contributed by atoms with van der Waals surface area (Å²) in [4.78, 5) is 4.07. The molecule has 62 valence electrons. The summed E-state index contributed by atoms with van der Waals surface area (Å²) in [5.41, 5.74) is 1.69. The van der Waals surface area contributed by atoms with Crippen molar-refractivity contribution in [3.8, 4) is 0 Å². The lowest BCUT2D eigenvalue weighted by atomic mass is 10.3. The van der Waals surface area contributed by atoms with Crippen LogP contribution in [-0.2, 0) is 6.73 Å². The predicted octanol–water partition coefficient (Wildman–Crippen LogP) is 1.64. The first-order valence-corrected chi connectivity index (χ1v) is 3.90. The highest BCUT2D eigenvalue weighted by atomic mass is 35.5. The van der Waals surface area contributed by atoms with Gasteiger partial charge in [-0.15, -0.1) is 0 Å². The summed E-state index contributed by atoms with van der Waals surface area (Å²) in [5.74, 6) is 0. The van der Waals surface area contributed by atoms with Crippen molar-refractivity contribution < 1.29 is 5.11 Å². The van der Waals surface area contributed by atoms with Gasteiger partial charge in [-0.25, -0.2) is 4.98 Å². The van der Waals surface area contributed by atoms with E-state index in [1.165, 1.54) is 0 Å². The number of aliphatic hydroxyl groups is 1. The van der Waals surface area contributed by atoms with Crippen LogP contribution < -0.4 is 0 Å². The van der Waals surface area contributed by atoms with Crippen molar-refractivity contribution in [2.75, 3.05) is 0 Å². The predicted molar refractivity (Wildman–Crippen MR) is 47.0 cm³/mol. The molecule has 0 aliphatic rings. The number of aliphatic hydroxyl groups excluding tert-OH is 1. The van der Waals surface area contributed by atoms with Crippen LogP contribution in [0.1, 0.15) is 0 Å². The largest absolute Gasteiger partial charge is 0.376 e. The van der Waals surface area contributed by atoms with Gasteiger partial charge in [0.2, 0.25) is 0 Å². The van der Waals surface area contributed by atoms with Crippen LogP contribution in [0.5, 0.6) is 0 Å². The molecule has 1 heterocycles. The Balaban J connectivity index is 2.75. The lowest BCUT2D eigenvalue weighted by Gasteiger charge is -1.97. The maximum absolute atomic E-state index is 8.90. The Morgan fingerprint density at radius 3 is 3.08 bits per heavy atom. The first kappa shape index (κ1) is 7.58. The molecule has 2 aromatic rings. The SMILES string of the molecule is OCn1cnc2ccc(Cl)cc21. The van der Waals surface area contributed by atoms with Crippen LogP contribution in [0.3, 0.4) is 0 Å². The Kier molecular flexibility index (Phi) is 1.75. The highest BCUT2D eigenvalue weighted by Gasteiger charge is 2.00. The van der Waals surface area contributed by atoms with Crippen LogP contribution in [0.25, 0.3) is 11.0 Å². The Hall–Kier alpha value is -1.06. The van der Waals surface area contributed by atoms with E-state index < -0.39 is 0 Å². The standard InChI is InChI=1S/C8H7ClN2O/c9-6-1-2-7-8(3-6)11(5-12)4-10-7/h1-4,12H,5H2. The van der Waals surface area contributed by atoms with Gasteiger partial charge in [-0.1, -0.05) is 11.6 Å². The second-order valence-corrected chi connectivity index (χ2v) is 2.93. The number of rotatable bonds is 1. The number of hydrogen-bond donors (Lipinski definition) is 1. The fraction of sp³-hybridized carbons (Fsp3) is 0.125.